The summed E-state index contributed by atoms with van der Waals surface area (Å²) in [6.07, 6.45) is -5.50. The first kappa shape index (κ1) is 21.7. The van der Waals surface area contributed by atoms with Crippen LogP contribution in [-0.2, 0) is 17.5 Å². The smallest absolute Gasteiger partial charge is 0.416 e. The Morgan fingerprint density at radius 1 is 1.18 bits per heavy atom. The molecule has 0 radical (unpaired) electrons. The van der Waals surface area contributed by atoms with Crippen LogP contribution in [0.2, 0.25) is 0 Å². The first-order valence-electron chi connectivity index (χ1n) is 8.71. The Morgan fingerprint density at radius 3 is 2.57 bits per heavy atom. The molecule has 0 aliphatic rings. The van der Waals surface area contributed by atoms with Gasteiger partial charge in [-0.1, -0.05) is 36.4 Å². The third-order valence-electron chi connectivity index (χ3n) is 3.85. The van der Waals surface area contributed by atoms with Gasteiger partial charge in [-0.05, 0) is 30.8 Å². The molecule has 1 amide bonds. The number of hydrogen-bond acceptors (Lipinski definition) is 4. The van der Waals surface area contributed by atoms with Crippen molar-refractivity contribution in [2.75, 3.05) is 26.7 Å². The van der Waals surface area contributed by atoms with Crippen LogP contribution in [0.3, 0.4) is 0 Å². The summed E-state index contributed by atoms with van der Waals surface area (Å²) in [5, 5.41) is 12.5. The van der Waals surface area contributed by atoms with Gasteiger partial charge < -0.3 is 15.2 Å². The monoisotopic (exact) mass is 396 g/mol. The number of amides is 1. The van der Waals surface area contributed by atoms with E-state index in [1.807, 2.05) is 35.2 Å². The molecule has 0 saturated heterocycles. The van der Waals surface area contributed by atoms with E-state index >= 15 is 0 Å². The van der Waals surface area contributed by atoms with E-state index in [1.165, 1.54) is 12.1 Å². The van der Waals surface area contributed by atoms with Crippen LogP contribution in [0.15, 0.2) is 54.6 Å². The number of benzene rings is 2. The maximum absolute atomic E-state index is 12.7. The van der Waals surface area contributed by atoms with Crippen LogP contribution in [0.4, 0.5) is 13.2 Å². The van der Waals surface area contributed by atoms with E-state index in [2.05, 4.69) is 5.32 Å². The zero-order valence-corrected chi connectivity index (χ0v) is 15.4. The first-order chi connectivity index (χ1) is 13.2. The Bertz CT molecular complexity index is 754. The molecule has 8 heteroatoms. The maximum Gasteiger partial charge on any atom is 0.416 e. The van der Waals surface area contributed by atoms with Gasteiger partial charge >= 0.3 is 6.18 Å². The number of aliphatic hydroxyl groups is 1. The molecule has 0 heterocycles. The predicted molar refractivity (Wildman–Crippen MR) is 98.7 cm³/mol. The van der Waals surface area contributed by atoms with Crippen molar-refractivity contribution in [3.05, 3.63) is 65.7 Å². The van der Waals surface area contributed by atoms with Crippen molar-refractivity contribution in [2.24, 2.45) is 0 Å². The summed E-state index contributed by atoms with van der Waals surface area (Å²) in [7, 11) is 1.81. The largest absolute Gasteiger partial charge is 0.491 e. The van der Waals surface area contributed by atoms with Crippen molar-refractivity contribution < 1.29 is 27.8 Å². The average Bonchev–Trinajstić information content (AvgIpc) is 2.65. The lowest BCUT2D eigenvalue weighted by Crippen LogP contribution is -2.40. The molecule has 152 valence electrons. The quantitative estimate of drug-likeness (QED) is 0.684. The fourth-order valence-corrected chi connectivity index (χ4v) is 2.50. The number of aliphatic hydroxyl groups excluding tert-OH is 1. The molecule has 0 bridgehead atoms. The van der Waals surface area contributed by atoms with Crippen LogP contribution >= 0.6 is 0 Å². The number of nitrogens with one attached hydrogen (secondary N) is 1. The second kappa shape index (κ2) is 10.1. The molecule has 1 atom stereocenters. The van der Waals surface area contributed by atoms with Gasteiger partial charge in [-0.25, -0.2) is 0 Å². The number of likely N-dealkylation sites (N-methyl/N-ethyl adjacent to an activating group) is 1. The second-order valence-electron chi connectivity index (χ2n) is 6.45. The van der Waals surface area contributed by atoms with Gasteiger partial charge in [0, 0.05) is 13.1 Å². The number of carbonyl (C=O) groups excluding carboxylic acids is 1. The van der Waals surface area contributed by atoms with Gasteiger partial charge in [0.25, 0.3) is 0 Å². The van der Waals surface area contributed by atoms with E-state index in [4.69, 9.17) is 4.74 Å². The highest BCUT2D eigenvalue weighted by molar-refractivity contribution is 5.78. The Balaban J connectivity index is 1.70. The van der Waals surface area contributed by atoms with Crippen molar-refractivity contribution in [1.82, 2.24) is 10.2 Å². The highest BCUT2D eigenvalue weighted by atomic mass is 19.4. The summed E-state index contributed by atoms with van der Waals surface area (Å²) in [6.45, 7) is 0.462. The van der Waals surface area contributed by atoms with E-state index in [9.17, 15) is 23.1 Å². The fraction of sp³-hybridized carbons (Fsp3) is 0.350. The molecule has 2 aromatic carbocycles. The Kier molecular flexibility index (Phi) is 7.83. The van der Waals surface area contributed by atoms with E-state index in [0.29, 0.717) is 6.54 Å². The topological polar surface area (TPSA) is 61.8 Å². The van der Waals surface area contributed by atoms with Gasteiger partial charge in [-0.3, -0.25) is 9.69 Å². The molecule has 0 aliphatic heterocycles. The molecular formula is C20H23F3N2O3. The number of halogens is 3. The molecule has 0 fully saturated rings. The lowest BCUT2D eigenvalue weighted by Gasteiger charge is -2.18. The fourth-order valence-electron chi connectivity index (χ4n) is 2.50. The van der Waals surface area contributed by atoms with Crippen LogP contribution in [0.5, 0.6) is 5.75 Å². The normalized spacial score (nSPS) is 12.6. The molecule has 28 heavy (non-hydrogen) atoms. The Labute approximate surface area is 161 Å². The summed E-state index contributed by atoms with van der Waals surface area (Å²) in [6, 6.07) is 14.1. The van der Waals surface area contributed by atoms with Gasteiger partial charge in [0.15, 0.2) is 0 Å². The van der Waals surface area contributed by atoms with E-state index in [-0.39, 0.29) is 31.4 Å². The zero-order valence-electron chi connectivity index (χ0n) is 15.4. The van der Waals surface area contributed by atoms with Gasteiger partial charge in [-0.15, -0.1) is 0 Å². The summed E-state index contributed by atoms with van der Waals surface area (Å²) < 4.78 is 43.2. The molecule has 1 unspecified atom stereocenters. The van der Waals surface area contributed by atoms with Gasteiger partial charge in [-0.2, -0.15) is 13.2 Å². The summed E-state index contributed by atoms with van der Waals surface area (Å²) in [5.74, 6) is -0.264. The molecule has 2 aromatic rings. The SMILES string of the molecule is CN(CC(=O)NCC(O)COc1cccc(C(F)(F)F)c1)Cc1ccccc1. The van der Waals surface area contributed by atoms with Crippen LogP contribution in [0, 0.1) is 0 Å². The molecule has 2 N–H and O–H groups in total. The third kappa shape index (κ3) is 7.58. The van der Waals surface area contributed by atoms with Crippen molar-refractivity contribution in [3.8, 4) is 5.75 Å². The zero-order chi connectivity index (χ0) is 20.6. The lowest BCUT2D eigenvalue weighted by atomic mass is 10.2. The minimum Gasteiger partial charge on any atom is -0.491 e. The number of hydrogen-bond donors (Lipinski definition) is 2. The Morgan fingerprint density at radius 2 is 1.89 bits per heavy atom. The molecular weight excluding hydrogens is 373 g/mol. The summed E-state index contributed by atoms with van der Waals surface area (Å²) >= 11 is 0. The van der Waals surface area contributed by atoms with E-state index in [1.54, 1.807) is 7.05 Å². The Hall–Kier alpha value is -2.58. The van der Waals surface area contributed by atoms with Gasteiger partial charge in [0.05, 0.1) is 12.1 Å². The molecule has 0 saturated carbocycles. The second-order valence-corrected chi connectivity index (χ2v) is 6.45. The van der Waals surface area contributed by atoms with Crippen LogP contribution < -0.4 is 10.1 Å². The molecule has 2 rings (SSSR count). The highest BCUT2D eigenvalue weighted by Gasteiger charge is 2.30. The van der Waals surface area contributed by atoms with Crippen molar-refractivity contribution in [3.63, 3.8) is 0 Å². The number of nitrogens with zero attached hydrogens (tertiary/aromatic N) is 1. The number of rotatable bonds is 9. The third-order valence-corrected chi connectivity index (χ3v) is 3.85. The predicted octanol–water partition coefficient (Wildman–Crippen LogP) is 2.69. The highest BCUT2D eigenvalue weighted by Crippen LogP contribution is 2.31. The van der Waals surface area contributed by atoms with Crippen LogP contribution in [-0.4, -0.2) is 48.8 Å². The summed E-state index contributed by atoms with van der Waals surface area (Å²) in [4.78, 5) is 13.8. The summed E-state index contributed by atoms with van der Waals surface area (Å²) in [5.41, 5.74) is 0.251. The minimum atomic E-state index is -4.46. The van der Waals surface area contributed by atoms with Crippen molar-refractivity contribution in [2.45, 2.75) is 18.8 Å². The lowest BCUT2D eigenvalue weighted by molar-refractivity contribution is -0.137. The minimum absolute atomic E-state index is 0.00259. The molecule has 0 aromatic heterocycles. The van der Waals surface area contributed by atoms with Crippen LogP contribution in [0.25, 0.3) is 0 Å². The number of ether oxygens (including phenoxy) is 1. The standard InChI is InChI=1S/C20H23F3N2O3/c1-25(12-15-6-3-2-4-7-15)13-19(27)24-11-17(26)14-28-18-9-5-8-16(10-18)20(21,22)23/h2-10,17,26H,11-14H2,1H3,(H,24,27). The van der Waals surface area contributed by atoms with Gasteiger partial charge in [0.1, 0.15) is 18.5 Å². The maximum atomic E-state index is 12.7. The van der Waals surface area contributed by atoms with E-state index < -0.39 is 17.8 Å². The van der Waals surface area contributed by atoms with Crippen molar-refractivity contribution >= 4 is 5.91 Å². The van der Waals surface area contributed by atoms with Crippen molar-refractivity contribution in [1.29, 1.82) is 0 Å². The molecule has 5 nitrogen and oxygen atoms in total. The van der Waals surface area contributed by atoms with E-state index in [0.717, 1.165) is 17.7 Å². The average molecular weight is 396 g/mol. The first-order valence-corrected chi connectivity index (χ1v) is 8.71. The number of carbonyl (C=O) groups is 1. The van der Waals surface area contributed by atoms with Crippen LogP contribution in [0.1, 0.15) is 11.1 Å². The molecule has 0 spiro atoms. The number of alkyl halides is 3. The van der Waals surface area contributed by atoms with Gasteiger partial charge in [0.2, 0.25) is 5.91 Å². The molecule has 0 aliphatic carbocycles.